The first kappa shape index (κ1) is 54.0. The molecule has 0 spiro atoms. The Balaban J connectivity index is 0.000000247. The van der Waals surface area contributed by atoms with E-state index in [1.807, 2.05) is 24.3 Å². The minimum Gasteiger partial charge on any atom is -0.497 e. The molecule has 1 amide bonds. The molecule has 356 valence electrons. The van der Waals surface area contributed by atoms with Gasteiger partial charge in [-0.25, -0.2) is 12.7 Å². The summed E-state index contributed by atoms with van der Waals surface area (Å²) in [6.45, 7) is 11.1. The van der Waals surface area contributed by atoms with Gasteiger partial charge in [0.05, 0.1) is 37.0 Å². The Morgan fingerprint density at radius 3 is 1.42 bits per heavy atom. The highest BCUT2D eigenvalue weighted by atomic mass is 79.9. The van der Waals surface area contributed by atoms with Crippen molar-refractivity contribution in [3.8, 4) is 17.9 Å². The fourth-order valence-electron chi connectivity index (χ4n) is 8.36. The molecule has 0 atom stereocenters. The fourth-order valence-corrected chi connectivity index (χ4v) is 10.3. The third-order valence-corrected chi connectivity index (χ3v) is 15.2. The summed E-state index contributed by atoms with van der Waals surface area (Å²) < 4.78 is 32.8. The Labute approximate surface area is 405 Å². The second kappa shape index (κ2) is 29.3. The first-order chi connectivity index (χ1) is 31.9. The van der Waals surface area contributed by atoms with Gasteiger partial charge in [-0.1, -0.05) is 121 Å². The number of ether oxygens (including phenoxy) is 1. The number of halogens is 1. The van der Waals surface area contributed by atoms with Gasteiger partial charge in [-0.05, 0) is 129 Å². The average molecular weight is 982 g/mol. The summed E-state index contributed by atoms with van der Waals surface area (Å²) in [5.41, 5.74) is 8.57. The molecule has 0 aromatic heterocycles. The number of amides is 1. The number of alkyl halides is 1. The molecule has 2 heterocycles. The summed E-state index contributed by atoms with van der Waals surface area (Å²) in [4.78, 5) is 19.6. The van der Waals surface area contributed by atoms with Crippen molar-refractivity contribution in [1.82, 2.24) is 19.0 Å². The number of rotatable bonds is 16. The number of hydrogen-bond donors (Lipinski definition) is 0. The SMILES string of the molecule is C1CCCC1.COc1cc(C)c(S(=O)(=O)N(C)CCC(=O)N(C)CCc2ccc(CN3CCCC3)cc2)c(C)c1.N#CCc1ccc(CBr)cc1.N#CCc1ccc(CN2CCCC2)cc1. The Morgan fingerprint density at radius 2 is 1.03 bits per heavy atom. The van der Waals surface area contributed by atoms with Crippen LogP contribution in [0.15, 0.2) is 89.8 Å². The van der Waals surface area contributed by atoms with Crippen LogP contribution in [0.5, 0.6) is 5.75 Å². The molecule has 0 unspecified atom stereocenters. The van der Waals surface area contributed by atoms with Crippen LogP contribution in [0.25, 0.3) is 0 Å². The summed E-state index contributed by atoms with van der Waals surface area (Å²) in [5.74, 6) is 0.556. The number of benzene rings is 4. The van der Waals surface area contributed by atoms with E-state index < -0.39 is 10.0 Å². The molecule has 4 aromatic carbocycles. The van der Waals surface area contributed by atoms with Crippen LogP contribution >= 0.6 is 15.9 Å². The number of nitrogens with zero attached hydrogens (tertiary/aromatic N) is 6. The molecule has 4 aromatic rings. The van der Waals surface area contributed by atoms with Gasteiger partial charge in [0.15, 0.2) is 0 Å². The fraction of sp³-hybridized carbons (Fsp3) is 0.500. The van der Waals surface area contributed by atoms with Crippen LogP contribution in [-0.4, -0.2) is 93.8 Å². The van der Waals surface area contributed by atoms with Crippen LogP contribution in [0, 0.1) is 36.5 Å². The number of likely N-dealkylation sites (N-methyl/N-ethyl adjacent to an activating group) is 1. The standard InChI is InChI=1S/C27H39N3O4S.C13H16N2.C9H8BrN.C5H10/c1-21-18-25(34-5)19-22(2)27(21)35(32,33)29(4)17-13-26(31)28(3)16-12-23-8-10-24(11-9-23)20-30-14-6-7-15-30;14-8-7-12-3-5-13(6-4-12)11-15-9-1-2-10-15;10-7-9-3-1-8(2-4-9)5-6-11;1-2-4-5-3-1/h8-11,18-19H,6-7,12-17,20H2,1-5H3;3-6H,1-2,7,9-11H2;1-4H,5,7H2;1-5H2. The zero-order valence-electron chi connectivity index (χ0n) is 40.2. The van der Waals surface area contributed by atoms with Gasteiger partial charge in [0.25, 0.3) is 0 Å². The highest BCUT2D eigenvalue weighted by Crippen LogP contribution is 2.28. The van der Waals surface area contributed by atoms with Gasteiger partial charge in [0.2, 0.25) is 15.9 Å². The van der Waals surface area contributed by atoms with Gasteiger partial charge in [-0.2, -0.15) is 10.5 Å². The number of likely N-dealkylation sites (tertiary alicyclic amines) is 2. The Kier molecular flexibility index (Phi) is 24.0. The quantitative estimate of drug-likeness (QED) is 0.102. The molecule has 1 aliphatic carbocycles. The minimum atomic E-state index is -3.71. The van der Waals surface area contributed by atoms with E-state index in [4.69, 9.17) is 15.3 Å². The number of hydrogen-bond acceptors (Lipinski definition) is 8. The van der Waals surface area contributed by atoms with Crippen molar-refractivity contribution in [3.05, 3.63) is 129 Å². The van der Waals surface area contributed by atoms with E-state index in [9.17, 15) is 13.2 Å². The summed E-state index contributed by atoms with van der Waals surface area (Å²) >= 11 is 3.36. The maximum Gasteiger partial charge on any atom is 0.243 e. The smallest absolute Gasteiger partial charge is 0.243 e. The molecule has 2 saturated heterocycles. The molecule has 10 nitrogen and oxygen atoms in total. The predicted octanol–water partition coefficient (Wildman–Crippen LogP) is 10.6. The van der Waals surface area contributed by atoms with Gasteiger partial charge in [0, 0.05) is 52.0 Å². The largest absolute Gasteiger partial charge is 0.497 e. The minimum absolute atomic E-state index is 0.0686. The van der Waals surface area contributed by atoms with Crippen LogP contribution in [0.3, 0.4) is 0 Å². The van der Waals surface area contributed by atoms with Gasteiger partial charge in [-0.3, -0.25) is 14.6 Å². The molecule has 66 heavy (non-hydrogen) atoms. The van der Waals surface area contributed by atoms with Crippen LogP contribution in [0.1, 0.15) is 109 Å². The molecule has 3 aliphatic rings. The number of sulfonamides is 1. The number of carbonyl (C=O) groups is 1. The Hall–Kier alpha value is -4.56. The Bertz CT molecular complexity index is 2210. The molecule has 0 radical (unpaired) electrons. The molecule has 0 bridgehead atoms. The van der Waals surface area contributed by atoms with Crippen molar-refractivity contribution in [2.75, 3.05) is 60.5 Å². The maximum absolute atomic E-state index is 13.2. The number of methoxy groups -OCH3 is 1. The van der Waals surface area contributed by atoms with E-state index in [0.717, 1.165) is 36.0 Å². The Morgan fingerprint density at radius 1 is 0.636 bits per heavy atom. The van der Waals surface area contributed by atoms with Gasteiger partial charge < -0.3 is 9.64 Å². The van der Waals surface area contributed by atoms with Crippen LogP contribution in [0.2, 0.25) is 0 Å². The third kappa shape index (κ3) is 18.6. The molecule has 7 rings (SSSR count). The predicted molar refractivity (Wildman–Crippen MR) is 271 cm³/mol. The zero-order valence-corrected chi connectivity index (χ0v) is 42.6. The summed E-state index contributed by atoms with van der Waals surface area (Å²) in [7, 11) is 1.14. The van der Waals surface area contributed by atoms with Crippen LogP contribution in [0.4, 0.5) is 0 Å². The first-order valence-electron chi connectivity index (χ1n) is 23.7. The van der Waals surface area contributed by atoms with Crippen molar-refractivity contribution < 1.29 is 17.9 Å². The molecular formula is C54H73BrN6O4S. The van der Waals surface area contributed by atoms with Crippen molar-refractivity contribution in [2.45, 2.75) is 121 Å². The number of carbonyl (C=O) groups excluding carboxylic acids is 1. The lowest BCUT2D eigenvalue weighted by molar-refractivity contribution is -0.129. The van der Waals surface area contributed by atoms with Gasteiger partial charge in [-0.15, -0.1) is 0 Å². The van der Waals surface area contributed by atoms with Crippen molar-refractivity contribution in [3.63, 3.8) is 0 Å². The highest BCUT2D eigenvalue weighted by Gasteiger charge is 2.26. The molecular weight excluding hydrogens is 909 g/mol. The van der Waals surface area contributed by atoms with E-state index in [1.165, 1.54) is 118 Å². The molecule has 0 N–H and O–H groups in total. The normalized spacial score (nSPS) is 14.7. The van der Waals surface area contributed by atoms with E-state index in [0.29, 0.717) is 36.3 Å². The molecule has 2 aliphatic heterocycles. The zero-order chi connectivity index (χ0) is 47.7. The maximum atomic E-state index is 13.2. The third-order valence-electron chi connectivity index (χ3n) is 12.4. The first-order valence-corrected chi connectivity index (χ1v) is 26.3. The van der Waals surface area contributed by atoms with Crippen LogP contribution < -0.4 is 4.74 Å². The van der Waals surface area contributed by atoms with E-state index in [2.05, 4.69) is 86.4 Å². The lowest BCUT2D eigenvalue weighted by atomic mass is 10.1. The second-order valence-corrected chi connectivity index (χ2v) is 20.3. The average Bonchev–Trinajstić information content (AvgIpc) is 4.17. The van der Waals surface area contributed by atoms with Crippen molar-refractivity contribution >= 4 is 31.9 Å². The van der Waals surface area contributed by atoms with Crippen molar-refractivity contribution in [1.29, 1.82) is 10.5 Å². The van der Waals surface area contributed by atoms with Crippen molar-refractivity contribution in [2.24, 2.45) is 0 Å². The lowest BCUT2D eigenvalue weighted by Crippen LogP contribution is -2.34. The van der Waals surface area contributed by atoms with Crippen LogP contribution in [-0.2, 0) is 52.5 Å². The second-order valence-electron chi connectivity index (χ2n) is 17.7. The monoisotopic (exact) mass is 980 g/mol. The highest BCUT2D eigenvalue weighted by molar-refractivity contribution is 9.08. The number of nitriles is 2. The van der Waals surface area contributed by atoms with E-state index in [-0.39, 0.29) is 23.8 Å². The summed E-state index contributed by atoms with van der Waals surface area (Å²) in [5, 5.41) is 17.8. The summed E-state index contributed by atoms with van der Waals surface area (Å²) in [6, 6.07) is 32.8. The topological polar surface area (TPSA) is 121 Å². The van der Waals surface area contributed by atoms with E-state index in [1.54, 1.807) is 45.0 Å². The van der Waals surface area contributed by atoms with Gasteiger partial charge >= 0.3 is 0 Å². The molecule has 3 fully saturated rings. The lowest BCUT2D eigenvalue weighted by Gasteiger charge is -2.22. The molecule has 1 saturated carbocycles. The number of aryl methyl sites for hydroxylation is 2. The van der Waals surface area contributed by atoms with E-state index >= 15 is 0 Å². The summed E-state index contributed by atoms with van der Waals surface area (Å²) in [6.07, 6.45) is 14.7. The van der Waals surface area contributed by atoms with Gasteiger partial charge in [0.1, 0.15) is 5.75 Å². The molecule has 12 heteroatoms.